The fourth-order valence-electron chi connectivity index (χ4n) is 6.76. The maximum absolute atomic E-state index is 11.0. The highest BCUT2D eigenvalue weighted by Crippen LogP contribution is 2.65. The average Bonchev–Trinajstić information content (AvgIpc) is 2.35. The van der Waals surface area contributed by atoms with Crippen LogP contribution in [0.25, 0.3) is 0 Å². The minimum Gasteiger partial charge on any atom is -0.393 e. The first-order valence-corrected chi connectivity index (χ1v) is 9.08. The van der Waals surface area contributed by atoms with Crippen LogP contribution >= 0.6 is 0 Å². The van der Waals surface area contributed by atoms with Gasteiger partial charge in [0.05, 0.1) is 17.3 Å². The summed E-state index contributed by atoms with van der Waals surface area (Å²) < 4.78 is 6.59. The molecular formula is C20H34O2. The molecule has 6 atom stereocenters. The predicted molar refractivity (Wildman–Crippen MR) is 90.7 cm³/mol. The molecule has 2 heteroatoms. The van der Waals surface area contributed by atoms with Crippen LogP contribution in [-0.4, -0.2) is 22.4 Å². The lowest BCUT2D eigenvalue weighted by atomic mass is 9.43. The molecule has 3 fully saturated rings. The molecule has 1 saturated heterocycles. The van der Waals surface area contributed by atoms with E-state index in [4.69, 9.17) is 4.74 Å². The number of ether oxygens (including phenoxy) is 1. The number of rotatable bonds is 1. The summed E-state index contributed by atoms with van der Waals surface area (Å²) in [6.45, 7) is 15.5. The molecule has 22 heavy (non-hydrogen) atoms. The van der Waals surface area contributed by atoms with Gasteiger partial charge in [0.25, 0.3) is 0 Å². The van der Waals surface area contributed by atoms with Crippen molar-refractivity contribution in [1.82, 2.24) is 0 Å². The van der Waals surface area contributed by atoms with Gasteiger partial charge in [-0.25, -0.2) is 0 Å². The Labute approximate surface area is 136 Å². The van der Waals surface area contributed by atoms with Crippen molar-refractivity contribution in [2.45, 2.75) is 90.4 Å². The molecule has 0 aromatic rings. The zero-order valence-electron chi connectivity index (χ0n) is 15.1. The van der Waals surface area contributed by atoms with Gasteiger partial charge >= 0.3 is 0 Å². The van der Waals surface area contributed by atoms with Crippen molar-refractivity contribution in [3.8, 4) is 0 Å². The predicted octanol–water partition coefficient (Wildman–Crippen LogP) is 4.71. The Morgan fingerprint density at radius 2 is 1.77 bits per heavy atom. The zero-order valence-corrected chi connectivity index (χ0v) is 15.1. The van der Waals surface area contributed by atoms with Crippen molar-refractivity contribution < 1.29 is 9.84 Å². The van der Waals surface area contributed by atoms with E-state index in [-0.39, 0.29) is 28.1 Å². The summed E-state index contributed by atoms with van der Waals surface area (Å²) in [7, 11) is 0. The van der Waals surface area contributed by atoms with Gasteiger partial charge < -0.3 is 9.84 Å². The summed E-state index contributed by atoms with van der Waals surface area (Å²) in [4.78, 5) is 0. The molecule has 0 aromatic heterocycles. The van der Waals surface area contributed by atoms with Gasteiger partial charge in [0, 0.05) is 6.42 Å². The fourth-order valence-corrected chi connectivity index (χ4v) is 6.76. The Hall–Kier alpha value is -0.340. The molecule has 0 aromatic carbocycles. The van der Waals surface area contributed by atoms with Crippen LogP contribution < -0.4 is 0 Å². The summed E-state index contributed by atoms with van der Waals surface area (Å²) in [5, 5.41) is 11.0. The number of fused-ring (bicyclic) bond motifs is 3. The lowest BCUT2D eigenvalue weighted by Gasteiger charge is -2.66. The quantitative estimate of drug-likeness (QED) is 0.711. The van der Waals surface area contributed by atoms with Gasteiger partial charge in [0.2, 0.25) is 0 Å². The second kappa shape index (κ2) is 4.83. The molecule has 0 amide bonds. The third-order valence-corrected chi connectivity index (χ3v) is 7.45. The Morgan fingerprint density at radius 3 is 2.41 bits per heavy atom. The van der Waals surface area contributed by atoms with Crippen LogP contribution in [0.3, 0.4) is 0 Å². The van der Waals surface area contributed by atoms with E-state index in [0.717, 1.165) is 12.8 Å². The molecule has 0 radical (unpaired) electrons. The van der Waals surface area contributed by atoms with Gasteiger partial charge in [0.1, 0.15) is 0 Å². The van der Waals surface area contributed by atoms with Crippen molar-refractivity contribution in [3.63, 3.8) is 0 Å². The molecule has 3 rings (SSSR count). The minimum atomic E-state index is -0.256. The first-order chi connectivity index (χ1) is 10.1. The van der Waals surface area contributed by atoms with Crippen molar-refractivity contribution in [2.24, 2.45) is 22.7 Å². The minimum absolute atomic E-state index is 0.191. The zero-order chi connectivity index (χ0) is 16.4. The highest BCUT2D eigenvalue weighted by Gasteiger charge is 2.64. The maximum atomic E-state index is 11.0. The summed E-state index contributed by atoms with van der Waals surface area (Å²) in [5.74, 6) is 0.935. The second-order valence-corrected chi connectivity index (χ2v) is 9.62. The van der Waals surface area contributed by atoms with Crippen LogP contribution in [0.4, 0.5) is 0 Å². The molecule has 0 bridgehead atoms. The Kier molecular flexibility index (Phi) is 3.63. The number of hydrogen-bond donors (Lipinski definition) is 1. The molecular weight excluding hydrogens is 272 g/mol. The van der Waals surface area contributed by atoms with E-state index in [1.807, 2.05) is 6.08 Å². The third-order valence-electron chi connectivity index (χ3n) is 7.45. The Bertz CT molecular complexity index is 470. The van der Waals surface area contributed by atoms with E-state index in [1.165, 1.54) is 25.7 Å². The molecule has 1 heterocycles. The van der Waals surface area contributed by atoms with Crippen LogP contribution in [-0.2, 0) is 4.74 Å². The summed E-state index contributed by atoms with van der Waals surface area (Å²) in [6.07, 6.45) is 8.45. The number of aliphatic hydroxyl groups is 1. The maximum Gasteiger partial charge on any atom is 0.0839 e. The normalized spacial score (nSPS) is 54.2. The molecule has 2 nitrogen and oxygen atoms in total. The molecule has 6 unspecified atom stereocenters. The van der Waals surface area contributed by atoms with E-state index in [9.17, 15) is 5.11 Å². The first-order valence-electron chi connectivity index (χ1n) is 9.08. The molecule has 2 saturated carbocycles. The van der Waals surface area contributed by atoms with Gasteiger partial charge in [-0.3, -0.25) is 0 Å². The van der Waals surface area contributed by atoms with E-state index in [1.54, 1.807) is 0 Å². The highest BCUT2D eigenvalue weighted by molar-refractivity contribution is 5.14. The van der Waals surface area contributed by atoms with Gasteiger partial charge in [-0.15, -0.1) is 6.58 Å². The van der Waals surface area contributed by atoms with Gasteiger partial charge in [-0.1, -0.05) is 33.3 Å². The summed E-state index contributed by atoms with van der Waals surface area (Å²) in [5.41, 5.74) is -0.0404. The van der Waals surface area contributed by atoms with Crippen molar-refractivity contribution >= 4 is 0 Å². The van der Waals surface area contributed by atoms with Crippen LogP contribution in [0.5, 0.6) is 0 Å². The van der Waals surface area contributed by atoms with Gasteiger partial charge in [-0.05, 0) is 62.2 Å². The lowest BCUT2D eigenvalue weighted by molar-refractivity contribution is -0.277. The summed E-state index contributed by atoms with van der Waals surface area (Å²) in [6, 6.07) is 0. The van der Waals surface area contributed by atoms with Gasteiger partial charge in [0.15, 0.2) is 0 Å². The molecule has 3 aliphatic rings. The lowest BCUT2D eigenvalue weighted by Crippen LogP contribution is -2.66. The van der Waals surface area contributed by atoms with Crippen molar-refractivity contribution in [1.29, 1.82) is 0 Å². The Morgan fingerprint density at radius 1 is 1.09 bits per heavy atom. The Balaban J connectivity index is 2.00. The average molecular weight is 306 g/mol. The first kappa shape index (κ1) is 16.5. The largest absolute Gasteiger partial charge is 0.393 e. The van der Waals surface area contributed by atoms with E-state index >= 15 is 0 Å². The van der Waals surface area contributed by atoms with Gasteiger partial charge in [-0.2, -0.15) is 0 Å². The van der Waals surface area contributed by atoms with Crippen LogP contribution in [0.2, 0.25) is 0 Å². The van der Waals surface area contributed by atoms with Crippen molar-refractivity contribution in [2.75, 3.05) is 0 Å². The standard InChI is InChI=1S/C20H34O2/c1-7-18(4)12-9-15-19(5)11-8-10-17(2,3)16(19)14(21)13-20(15,6)22-18/h7,14-16,21H,1,8-13H2,2-6H3. The van der Waals surface area contributed by atoms with Crippen LogP contribution in [0.1, 0.15) is 73.1 Å². The number of aliphatic hydroxyl groups excluding tert-OH is 1. The van der Waals surface area contributed by atoms with E-state index < -0.39 is 0 Å². The molecule has 126 valence electrons. The smallest absolute Gasteiger partial charge is 0.0839 e. The molecule has 2 aliphatic carbocycles. The SMILES string of the molecule is C=CC1(C)CCC2C(C)(CC(O)C3C(C)(C)CCCC32C)O1. The monoisotopic (exact) mass is 306 g/mol. The highest BCUT2D eigenvalue weighted by atomic mass is 16.5. The van der Waals surface area contributed by atoms with Crippen LogP contribution in [0.15, 0.2) is 12.7 Å². The topological polar surface area (TPSA) is 29.5 Å². The molecule has 1 N–H and O–H groups in total. The van der Waals surface area contributed by atoms with Crippen LogP contribution in [0, 0.1) is 22.7 Å². The summed E-state index contributed by atoms with van der Waals surface area (Å²) >= 11 is 0. The third kappa shape index (κ3) is 2.21. The fraction of sp³-hybridized carbons (Fsp3) is 0.900. The molecule has 0 spiro atoms. The molecule has 1 aliphatic heterocycles. The second-order valence-electron chi connectivity index (χ2n) is 9.62. The van der Waals surface area contributed by atoms with E-state index in [2.05, 4.69) is 41.2 Å². The number of hydrogen-bond acceptors (Lipinski definition) is 2. The van der Waals surface area contributed by atoms with E-state index in [0.29, 0.717) is 11.8 Å². The van der Waals surface area contributed by atoms with Crippen molar-refractivity contribution in [3.05, 3.63) is 12.7 Å².